The van der Waals surface area contributed by atoms with Crippen LogP contribution >= 0.6 is 0 Å². The number of piperidine rings is 2. The van der Waals surface area contributed by atoms with Crippen LogP contribution in [-0.4, -0.2) is 64.2 Å². The van der Waals surface area contributed by atoms with Crippen LogP contribution in [0.5, 0.6) is 0 Å². The highest BCUT2D eigenvalue weighted by molar-refractivity contribution is 5.93. The second-order valence-corrected chi connectivity index (χ2v) is 7.64. The van der Waals surface area contributed by atoms with Crippen LogP contribution in [0.1, 0.15) is 36.0 Å². The second-order valence-electron chi connectivity index (χ2n) is 7.64. The van der Waals surface area contributed by atoms with Gasteiger partial charge in [0, 0.05) is 38.6 Å². The first-order valence-corrected chi connectivity index (χ1v) is 9.84. The van der Waals surface area contributed by atoms with Gasteiger partial charge < -0.3 is 19.3 Å². The summed E-state index contributed by atoms with van der Waals surface area (Å²) in [5.41, 5.74) is 1.03. The Bertz CT molecular complexity index is 856. The van der Waals surface area contributed by atoms with Crippen molar-refractivity contribution >= 4 is 17.8 Å². The van der Waals surface area contributed by atoms with Gasteiger partial charge in [0.15, 0.2) is 0 Å². The SMILES string of the molecule is O=C(O)C(F)(F)F.O=C(c1ccoc1)N1CCC2(CC1)CCN(c1ncccn1)CC2. The molecule has 4 heterocycles. The molecular weight excluding hydrogens is 417 g/mol. The van der Waals surface area contributed by atoms with Crippen LogP contribution in [0.3, 0.4) is 0 Å². The van der Waals surface area contributed by atoms with Crippen molar-refractivity contribution in [2.75, 3.05) is 31.1 Å². The average molecular weight is 440 g/mol. The van der Waals surface area contributed by atoms with Crippen molar-refractivity contribution in [3.8, 4) is 0 Å². The van der Waals surface area contributed by atoms with E-state index in [-0.39, 0.29) is 5.91 Å². The van der Waals surface area contributed by atoms with E-state index >= 15 is 0 Å². The zero-order valence-corrected chi connectivity index (χ0v) is 16.7. The molecule has 1 spiro atoms. The molecule has 0 aromatic carbocycles. The molecule has 2 aromatic heterocycles. The van der Waals surface area contributed by atoms with E-state index in [4.69, 9.17) is 14.3 Å². The van der Waals surface area contributed by atoms with Crippen LogP contribution in [0.4, 0.5) is 19.1 Å². The third-order valence-electron chi connectivity index (χ3n) is 5.78. The zero-order valence-electron chi connectivity index (χ0n) is 16.7. The molecule has 0 saturated carbocycles. The van der Waals surface area contributed by atoms with E-state index in [1.807, 2.05) is 11.0 Å². The summed E-state index contributed by atoms with van der Waals surface area (Å²) < 4.78 is 36.8. The number of anilines is 1. The first-order valence-electron chi connectivity index (χ1n) is 9.84. The summed E-state index contributed by atoms with van der Waals surface area (Å²) in [6, 6.07) is 3.59. The second kappa shape index (κ2) is 9.36. The van der Waals surface area contributed by atoms with Crippen molar-refractivity contribution < 1.29 is 32.3 Å². The minimum atomic E-state index is -5.08. The number of amides is 1. The van der Waals surface area contributed by atoms with Gasteiger partial charge in [0.05, 0.1) is 11.8 Å². The lowest BCUT2D eigenvalue weighted by Gasteiger charge is -2.46. The van der Waals surface area contributed by atoms with Gasteiger partial charge >= 0.3 is 12.1 Å². The number of halogens is 3. The maximum atomic E-state index is 12.4. The van der Waals surface area contributed by atoms with Crippen LogP contribution in [0.15, 0.2) is 41.5 Å². The minimum Gasteiger partial charge on any atom is -0.475 e. The lowest BCUT2D eigenvalue weighted by Crippen LogP contribution is -2.48. The number of carboxylic acid groups (broad SMARTS) is 1. The number of carbonyl (C=O) groups excluding carboxylic acids is 1. The molecule has 168 valence electrons. The van der Waals surface area contributed by atoms with Gasteiger partial charge in [0.2, 0.25) is 5.95 Å². The molecule has 0 aliphatic carbocycles. The van der Waals surface area contributed by atoms with E-state index in [2.05, 4.69) is 14.9 Å². The number of aliphatic carboxylic acids is 1. The molecule has 2 aliphatic rings. The van der Waals surface area contributed by atoms with Gasteiger partial charge in [-0.25, -0.2) is 14.8 Å². The highest BCUT2D eigenvalue weighted by atomic mass is 19.4. The third-order valence-corrected chi connectivity index (χ3v) is 5.78. The maximum Gasteiger partial charge on any atom is 0.490 e. The quantitative estimate of drug-likeness (QED) is 0.765. The molecule has 8 nitrogen and oxygen atoms in total. The average Bonchev–Trinajstić information content (AvgIpc) is 3.30. The number of carboxylic acids is 1. The van der Waals surface area contributed by atoms with Crippen molar-refractivity contribution in [1.82, 2.24) is 14.9 Å². The summed E-state index contributed by atoms with van der Waals surface area (Å²) in [6.45, 7) is 3.68. The molecular formula is C20H23F3N4O4. The van der Waals surface area contributed by atoms with E-state index in [0.717, 1.165) is 57.8 Å². The first-order chi connectivity index (χ1) is 14.7. The molecule has 31 heavy (non-hydrogen) atoms. The van der Waals surface area contributed by atoms with Crippen LogP contribution < -0.4 is 4.90 Å². The Labute approximate surface area is 176 Å². The summed E-state index contributed by atoms with van der Waals surface area (Å²) in [7, 11) is 0. The van der Waals surface area contributed by atoms with Crippen LogP contribution in [0.2, 0.25) is 0 Å². The van der Waals surface area contributed by atoms with Gasteiger partial charge in [-0.05, 0) is 43.2 Å². The highest BCUT2D eigenvalue weighted by Crippen LogP contribution is 2.41. The number of hydrogen-bond acceptors (Lipinski definition) is 6. The Morgan fingerprint density at radius 2 is 1.58 bits per heavy atom. The molecule has 4 rings (SSSR count). The molecule has 0 unspecified atom stereocenters. The van der Waals surface area contributed by atoms with Gasteiger partial charge in [-0.2, -0.15) is 13.2 Å². The summed E-state index contributed by atoms with van der Waals surface area (Å²) in [6.07, 6.45) is 6.07. The number of aromatic nitrogens is 2. The smallest absolute Gasteiger partial charge is 0.475 e. The summed E-state index contributed by atoms with van der Waals surface area (Å²) in [5.74, 6) is -1.83. The van der Waals surface area contributed by atoms with Crippen molar-refractivity contribution in [1.29, 1.82) is 0 Å². The molecule has 0 bridgehead atoms. The fraction of sp³-hybridized carbons (Fsp3) is 0.500. The Balaban J connectivity index is 0.000000339. The van der Waals surface area contributed by atoms with Crippen LogP contribution in [0.25, 0.3) is 0 Å². The molecule has 1 amide bonds. The third kappa shape index (κ3) is 5.74. The largest absolute Gasteiger partial charge is 0.490 e. The van der Waals surface area contributed by atoms with Gasteiger partial charge in [0.1, 0.15) is 6.26 Å². The number of alkyl halides is 3. The Morgan fingerprint density at radius 3 is 2.06 bits per heavy atom. The lowest BCUT2D eigenvalue weighted by atomic mass is 9.71. The molecule has 2 aromatic rings. The van der Waals surface area contributed by atoms with Gasteiger partial charge in [-0.15, -0.1) is 0 Å². The Kier molecular flexibility index (Phi) is 6.81. The number of furan rings is 1. The number of carbonyl (C=O) groups is 2. The number of hydrogen-bond donors (Lipinski definition) is 1. The van der Waals surface area contributed by atoms with E-state index in [1.54, 1.807) is 24.7 Å². The van der Waals surface area contributed by atoms with Gasteiger partial charge in [-0.3, -0.25) is 4.79 Å². The number of rotatable bonds is 2. The normalized spacial score (nSPS) is 18.3. The molecule has 0 radical (unpaired) electrons. The zero-order chi connectivity index (χ0) is 22.5. The summed E-state index contributed by atoms with van der Waals surface area (Å²) in [4.78, 5) is 34.2. The molecule has 2 aliphatic heterocycles. The van der Waals surface area contributed by atoms with Crippen LogP contribution in [-0.2, 0) is 4.79 Å². The van der Waals surface area contributed by atoms with Crippen LogP contribution in [0, 0.1) is 5.41 Å². The maximum absolute atomic E-state index is 12.4. The monoisotopic (exact) mass is 440 g/mol. The van der Waals surface area contributed by atoms with Crippen molar-refractivity contribution in [3.05, 3.63) is 42.6 Å². The topological polar surface area (TPSA) is 99.8 Å². The Hall–Kier alpha value is -3.11. The molecule has 0 atom stereocenters. The highest BCUT2D eigenvalue weighted by Gasteiger charge is 2.39. The van der Waals surface area contributed by atoms with E-state index in [9.17, 15) is 18.0 Å². The number of nitrogens with zero attached hydrogens (tertiary/aromatic N) is 4. The summed E-state index contributed by atoms with van der Waals surface area (Å²) >= 11 is 0. The van der Waals surface area contributed by atoms with Crippen molar-refractivity contribution in [3.63, 3.8) is 0 Å². The first kappa shape index (κ1) is 22.6. The van der Waals surface area contributed by atoms with E-state index in [1.165, 1.54) is 6.26 Å². The van der Waals surface area contributed by atoms with E-state index in [0.29, 0.717) is 11.0 Å². The van der Waals surface area contributed by atoms with Crippen molar-refractivity contribution in [2.24, 2.45) is 5.41 Å². The Morgan fingerprint density at radius 1 is 1.03 bits per heavy atom. The molecule has 1 N–H and O–H groups in total. The van der Waals surface area contributed by atoms with Crippen molar-refractivity contribution in [2.45, 2.75) is 31.9 Å². The van der Waals surface area contributed by atoms with E-state index < -0.39 is 12.1 Å². The van der Waals surface area contributed by atoms with Gasteiger partial charge in [0.25, 0.3) is 5.91 Å². The predicted octanol–water partition coefficient (Wildman–Crippen LogP) is 3.23. The lowest BCUT2D eigenvalue weighted by molar-refractivity contribution is -0.192. The minimum absolute atomic E-state index is 0.0914. The number of likely N-dealkylation sites (tertiary alicyclic amines) is 1. The van der Waals surface area contributed by atoms with Gasteiger partial charge in [-0.1, -0.05) is 0 Å². The fourth-order valence-electron chi connectivity index (χ4n) is 3.89. The fourth-order valence-corrected chi connectivity index (χ4v) is 3.89. The predicted molar refractivity (Wildman–Crippen MR) is 103 cm³/mol. The standard InChI is InChI=1S/C18H22N4O2.C2HF3O2/c23-16(15-2-13-24-14-15)21-9-3-18(4-10-21)5-11-22(12-6-18)17-19-7-1-8-20-17;3-2(4,5)1(6)7/h1-2,7-8,13-14H,3-6,9-12H2;(H,6,7). The summed E-state index contributed by atoms with van der Waals surface area (Å²) in [5, 5.41) is 7.12. The molecule has 11 heteroatoms. The molecule has 2 fully saturated rings. The molecule has 2 saturated heterocycles.